The molecule has 1 N–H and O–H groups in total. The van der Waals surface area contributed by atoms with Gasteiger partial charge in [-0.1, -0.05) is 20.8 Å². The maximum Gasteiger partial charge on any atom is 0.0655 e. The van der Waals surface area contributed by atoms with Crippen LogP contribution >= 0.6 is 0 Å². The Morgan fingerprint density at radius 3 is 2.42 bits per heavy atom. The van der Waals surface area contributed by atoms with Crippen molar-refractivity contribution in [2.24, 2.45) is 5.41 Å². The predicted molar refractivity (Wildman–Crippen MR) is 80.5 cm³/mol. The van der Waals surface area contributed by atoms with Gasteiger partial charge < -0.3 is 15.0 Å². The highest BCUT2D eigenvalue weighted by Crippen LogP contribution is 2.43. The standard InChI is InChI=1S/C16H32N2O/c1-5-9-18-10-7-13(8-11-18)17-14-12-15(19-6-2)16(14,3)4/h13-15,17H,5-12H2,1-4H3. The van der Waals surface area contributed by atoms with Gasteiger partial charge in [0.15, 0.2) is 0 Å². The monoisotopic (exact) mass is 268 g/mol. The third kappa shape index (κ3) is 3.50. The Morgan fingerprint density at radius 2 is 1.89 bits per heavy atom. The predicted octanol–water partition coefficient (Wildman–Crippen LogP) is 2.65. The van der Waals surface area contributed by atoms with Crippen molar-refractivity contribution in [2.75, 3.05) is 26.2 Å². The quantitative estimate of drug-likeness (QED) is 0.801. The summed E-state index contributed by atoms with van der Waals surface area (Å²) in [6.45, 7) is 13.7. The highest BCUT2D eigenvalue weighted by molar-refractivity contribution is 5.04. The topological polar surface area (TPSA) is 24.5 Å². The van der Waals surface area contributed by atoms with Crippen LogP contribution in [0.25, 0.3) is 0 Å². The molecule has 0 spiro atoms. The van der Waals surface area contributed by atoms with E-state index in [9.17, 15) is 0 Å². The zero-order valence-electron chi connectivity index (χ0n) is 13.2. The fourth-order valence-electron chi connectivity index (χ4n) is 3.58. The van der Waals surface area contributed by atoms with Crippen LogP contribution in [0.1, 0.15) is 53.4 Å². The number of hydrogen-bond donors (Lipinski definition) is 1. The summed E-state index contributed by atoms with van der Waals surface area (Å²) in [5, 5.41) is 3.89. The van der Waals surface area contributed by atoms with Crippen LogP contribution in [0.4, 0.5) is 0 Å². The molecule has 3 heteroatoms. The molecule has 0 aromatic rings. The number of piperidine rings is 1. The van der Waals surface area contributed by atoms with Gasteiger partial charge in [0, 0.05) is 24.1 Å². The third-order valence-corrected chi connectivity index (χ3v) is 5.11. The molecule has 1 heterocycles. The van der Waals surface area contributed by atoms with Gasteiger partial charge in [0.2, 0.25) is 0 Å². The van der Waals surface area contributed by atoms with E-state index in [-0.39, 0.29) is 0 Å². The normalized spacial score (nSPS) is 32.2. The van der Waals surface area contributed by atoms with Crippen LogP contribution in [-0.4, -0.2) is 49.3 Å². The van der Waals surface area contributed by atoms with Gasteiger partial charge in [0.05, 0.1) is 6.10 Å². The lowest BCUT2D eigenvalue weighted by atomic mass is 9.64. The molecule has 0 radical (unpaired) electrons. The van der Waals surface area contributed by atoms with Gasteiger partial charge >= 0.3 is 0 Å². The molecule has 0 amide bonds. The lowest BCUT2D eigenvalue weighted by molar-refractivity contribution is -0.117. The van der Waals surface area contributed by atoms with Crippen molar-refractivity contribution in [2.45, 2.75) is 71.6 Å². The van der Waals surface area contributed by atoms with E-state index >= 15 is 0 Å². The molecule has 1 aliphatic heterocycles. The molecule has 2 unspecified atom stereocenters. The Balaban J connectivity index is 1.72. The number of nitrogens with one attached hydrogen (secondary N) is 1. The van der Waals surface area contributed by atoms with E-state index in [1.807, 2.05) is 0 Å². The van der Waals surface area contributed by atoms with E-state index in [1.54, 1.807) is 0 Å². The molecule has 0 aromatic carbocycles. The molecule has 2 fully saturated rings. The van der Waals surface area contributed by atoms with E-state index in [4.69, 9.17) is 4.74 Å². The molecule has 1 saturated heterocycles. The molecule has 2 rings (SSSR count). The number of ether oxygens (including phenoxy) is 1. The van der Waals surface area contributed by atoms with Gasteiger partial charge in [-0.3, -0.25) is 0 Å². The second-order valence-electron chi connectivity index (χ2n) is 6.84. The molecule has 1 aliphatic carbocycles. The minimum absolute atomic E-state index is 0.302. The summed E-state index contributed by atoms with van der Waals surface area (Å²) < 4.78 is 5.81. The van der Waals surface area contributed by atoms with E-state index in [2.05, 4.69) is 37.9 Å². The van der Waals surface area contributed by atoms with E-state index in [1.165, 1.54) is 45.3 Å². The highest BCUT2D eigenvalue weighted by Gasteiger charge is 2.49. The number of nitrogens with zero attached hydrogens (tertiary/aromatic N) is 1. The first-order chi connectivity index (χ1) is 9.07. The Labute approximate surface area is 119 Å². The Hall–Kier alpha value is -0.120. The average molecular weight is 268 g/mol. The lowest BCUT2D eigenvalue weighted by Gasteiger charge is -2.53. The number of hydrogen-bond acceptors (Lipinski definition) is 3. The average Bonchev–Trinajstić information content (AvgIpc) is 2.40. The maximum absolute atomic E-state index is 5.81. The van der Waals surface area contributed by atoms with Crippen LogP contribution in [0, 0.1) is 5.41 Å². The summed E-state index contributed by atoms with van der Waals surface area (Å²) in [5.41, 5.74) is 0.302. The van der Waals surface area contributed by atoms with Crippen LogP contribution in [0.5, 0.6) is 0 Å². The van der Waals surface area contributed by atoms with Crippen molar-refractivity contribution in [3.05, 3.63) is 0 Å². The summed E-state index contributed by atoms with van der Waals surface area (Å²) in [4.78, 5) is 2.60. The van der Waals surface area contributed by atoms with Crippen LogP contribution in [0.15, 0.2) is 0 Å². The molecule has 0 aromatic heterocycles. The summed E-state index contributed by atoms with van der Waals surface area (Å²) in [7, 11) is 0. The Kier molecular flexibility index (Phi) is 5.27. The smallest absolute Gasteiger partial charge is 0.0655 e. The molecular weight excluding hydrogens is 236 g/mol. The van der Waals surface area contributed by atoms with Crippen molar-refractivity contribution in [3.8, 4) is 0 Å². The first-order valence-corrected chi connectivity index (χ1v) is 8.17. The molecule has 1 saturated carbocycles. The SMILES string of the molecule is CCCN1CCC(NC2CC(OCC)C2(C)C)CC1. The van der Waals surface area contributed by atoms with Crippen molar-refractivity contribution in [1.29, 1.82) is 0 Å². The van der Waals surface area contributed by atoms with Crippen molar-refractivity contribution >= 4 is 0 Å². The zero-order chi connectivity index (χ0) is 13.9. The van der Waals surface area contributed by atoms with Crippen LogP contribution in [0.2, 0.25) is 0 Å². The lowest BCUT2D eigenvalue weighted by Crippen LogP contribution is -2.63. The van der Waals surface area contributed by atoms with Crippen molar-refractivity contribution < 1.29 is 4.74 Å². The van der Waals surface area contributed by atoms with Crippen LogP contribution in [-0.2, 0) is 4.74 Å². The molecule has 3 nitrogen and oxygen atoms in total. The Bertz CT molecular complexity index is 272. The summed E-state index contributed by atoms with van der Waals surface area (Å²) >= 11 is 0. The van der Waals surface area contributed by atoms with Crippen molar-refractivity contribution in [3.63, 3.8) is 0 Å². The first-order valence-electron chi connectivity index (χ1n) is 8.17. The molecule has 2 aliphatic rings. The fourth-order valence-corrected chi connectivity index (χ4v) is 3.58. The molecule has 2 atom stereocenters. The van der Waals surface area contributed by atoms with Crippen molar-refractivity contribution in [1.82, 2.24) is 10.2 Å². The maximum atomic E-state index is 5.81. The van der Waals surface area contributed by atoms with Gasteiger partial charge in [-0.05, 0) is 52.2 Å². The second-order valence-corrected chi connectivity index (χ2v) is 6.84. The van der Waals surface area contributed by atoms with Crippen LogP contribution < -0.4 is 5.32 Å². The van der Waals surface area contributed by atoms with E-state index < -0.39 is 0 Å². The highest BCUT2D eigenvalue weighted by atomic mass is 16.5. The largest absolute Gasteiger partial charge is 0.378 e. The minimum atomic E-state index is 0.302. The summed E-state index contributed by atoms with van der Waals surface area (Å²) in [6.07, 6.45) is 5.55. The van der Waals surface area contributed by atoms with Gasteiger partial charge in [0.25, 0.3) is 0 Å². The third-order valence-electron chi connectivity index (χ3n) is 5.11. The minimum Gasteiger partial charge on any atom is -0.378 e. The number of likely N-dealkylation sites (tertiary alicyclic amines) is 1. The summed E-state index contributed by atoms with van der Waals surface area (Å²) in [5.74, 6) is 0. The van der Waals surface area contributed by atoms with E-state index in [0.717, 1.165) is 12.6 Å². The van der Waals surface area contributed by atoms with Gasteiger partial charge in [0.1, 0.15) is 0 Å². The first kappa shape index (κ1) is 15.3. The molecule has 19 heavy (non-hydrogen) atoms. The van der Waals surface area contributed by atoms with E-state index in [0.29, 0.717) is 17.6 Å². The number of rotatable bonds is 6. The zero-order valence-corrected chi connectivity index (χ0v) is 13.2. The van der Waals surface area contributed by atoms with Crippen LogP contribution in [0.3, 0.4) is 0 Å². The van der Waals surface area contributed by atoms with Gasteiger partial charge in [-0.25, -0.2) is 0 Å². The van der Waals surface area contributed by atoms with Gasteiger partial charge in [-0.2, -0.15) is 0 Å². The Morgan fingerprint density at radius 1 is 1.21 bits per heavy atom. The molecular formula is C16H32N2O. The molecule has 112 valence electrons. The summed E-state index contributed by atoms with van der Waals surface area (Å²) in [6, 6.07) is 1.37. The second kappa shape index (κ2) is 6.55. The van der Waals surface area contributed by atoms with Gasteiger partial charge in [-0.15, -0.1) is 0 Å². The fraction of sp³-hybridized carbons (Fsp3) is 1.00. The molecule has 0 bridgehead atoms.